The van der Waals surface area contributed by atoms with E-state index in [0.29, 0.717) is 12.1 Å². The first kappa shape index (κ1) is 13.9. The van der Waals surface area contributed by atoms with Gasteiger partial charge in [0.05, 0.1) is 6.04 Å². The van der Waals surface area contributed by atoms with Gasteiger partial charge < -0.3 is 14.6 Å². The summed E-state index contributed by atoms with van der Waals surface area (Å²) in [6, 6.07) is 0.164. The van der Waals surface area contributed by atoms with Gasteiger partial charge in [-0.1, -0.05) is 13.3 Å². The van der Waals surface area contributed by atoms with E-state index < -0.39 is 11.2 Å². The van der Waals surface area contributed by atoms with Crippen molar-refractivity contribution in [2.45, 2.75) is 64.6 Å². The molecule has 1 saturated carbocycles. The molecule has 1 aliphatic carbocycles. The molecule has 118 valence electrons. The van der Waals surface area contributed by atoms with E-state index in [9.17, 15) is 14.7 Å². The van der Waals surface area contributed by atoms with Crippen LogP contribution in [0, 0.1) is 12.3 Å². The van der Waals surface area contributed by atoms with Crippen LogP contribution in [0.2, 0.25) is 0 Å². The molecule has 0 spiro atoms. The number of amides is 1. The summed E-state index contributed by atoms with van der Waals surface area (Å²) >= 11 is 0. The Labute approximate surface area is 129 Å². The van der Waals surface area contributed by atoms with E-state index in [1.807, 2.05) is 4.90 Å². The molecule has 0 bridgehead atoms. The summed E-state index contributed by atoms with van der Waals surface area (Å²) in [7, 11) is 0. The minimum absolute atomic E-state index is 0.140. The van der Waals surface area contributed by atoms with Crippen molar-refractivity contribution in [3.05, 3.63) is 27.7 Å². The van der Waals surface area contributed by atoms with E-state index in [-0.39, 0.29) is 28.6 Å². The standard InChI is InChI=1S/C17H22N2O3/c1-10-8-18-9-11-7-16(2)5-4-6-17(16,3)19(11)15(22)12(18)14(21)13(10)20/h8,11,21H,4-7,9H2,1-3H3/t11-,16+,17+/m0/s1. The number of rotatable bonds is 0. The Hall–Kier alpha value is -1.78. The van der Waals surface area contributed by atoms with Gasteiger partial charge in [-0.25, -0.2) is 0 Å². The Balaban J connectivity index is 1.90. The van der Waals surface area contributed by atoms with Crippen molar-refractivity contribution < 1.29 is 9.90 Å². The Morgan fingerprint density at radius 2 is 2.00 bits per heavy atom. The highest BCUT2D eigenvalue weighted by Gasteiger charge is 2.62. The maximum absolute atomic E-state index is 13.1. The third-order valence-electron chi connectivity index (χ3n) is 6.54. The first-order valence-corrected chi connectivity index (χ1v) is 8.05. The van der Waals surface area contributed by atoms with Crippen molar-refractivity contribution in [2.75, 3.05) is 0 Å². The molecule has 3 aliphatic rings. The number of carbonyl (C=O) groups is 1. The van der Waals surface area contributed by atoms with Gasteiger partial charge in [0.1, 0.15) is 0 Å². The third kappa shape index (κ3) is 1.40. The lowest BCUT2D eigenvalue weighted by Crippen LogP contribution is -2.55. The summed E-state index contributed by atoms with van der Waals surface area (Å²) in [6.07, 6.45) is 5.99. The van der Waals surface area contributed by atoms with Crippen LogP contribution in [0.15, 0.2) is 11.0 Å². The third-order valence-corrected chi connectivity index (χ3v) is 6.54. The Bertz CT molecular complexity index is 753. The van der Waals surface area contributed by atoms with Gasteiger partial charge >= 0.3 is 0 Å². The van der Waals surface area contributed by atoms with E-state index in [2.05, 4.69) is 13.8 Å². The van der Waals surface area contributed by atoms with Gasteiger partial charge in [0, 0.05) is 23.8 Å². The van der Waals surface area contributed by atoms with Gasteiger partial charge in [-0.3, -0.25) is 9.59 Å². The first-order chi connectivity index (χ1) is 10.3. The molecule has 4 rings (SSSR count). The maximum Gasteiger partial charge on any atom is 0.275 e. The summed E-state index contributed by atoms with van der Waals surface area (Å²) in [5.41, 5.74) is 0.202. The number of carbonyl (C=O) groups excluding carboxylic acids is 1. The molecule has 0 radical (unpaired) electrons. The van der Waals surface area contributed by atoms with Crippen molar-refractivity contribution in [3.63, 3.8) is 0 Å². The average molecular weight is 302 g/mol. The molecule has 2 fully saturated rings. The normalized spacial score (nSPS) is 36.2. The van der Waals surface area contributed by atoms with Crippen molar-refractivity contribution in [1.82, 2.24) is 9.47 Å². The lowest BCUT2D eigenvalue weighted by molar-refractivity contribution is 0.0328. The number of hydrogen-bond donors (Lipinski definition) is 1. The molecular formula is C17H22N2O3. The number of aromatic nitrogens is 1. The highest BCUT2D eigenvalue weighted by molar-refractivity contribution is 5.97. The molecule has 1 saturated heterocycles. The fraction of sp³-hybridized carbons (Fsp3) is 0.647. The Kier molecular flexibility index (Phi) is 2.48. The van der Waals surface area contributed by atoms with Crippen LogP contribution in [0.1, 0.15) is 55.6 Å². The molecule has 2 aliphatic heterocycles. The summed E-state index contributed by atoms with van der Waals surface area (Å²) in [5.74, 6) is -0.572. The van der Waals surface area contributed by atoms with Crippen LogP contribution in [-0.2, 0) is 6.54 Å². The molecule has 5 heteroatoms. The van der Waals surface area contributed by atoms with E-state index >= 15 is 0 Å². The monoisotopic (exact) mass is 302 g/mol. The largest absolute Gasteiger partial charge is 0.503 e. The molecule has 0 unspecified atom stereocenters. The number of aryl methyl sites for hydroxylation is 1. The lowest BCUT2D eigenvalue weighted by atomic mass is 9.75. The number of hydrogen-bond acceptors (Lipinski definition) is 3. The van der Waals surface area contributed by atoms with Crippen LogP contribution in [0.5, 0.6) is 5.75 Å². The average Bonchev–Trinajstić information content (AvgIpc) is 2.82. The van der Waals surface area contributed by atoms with Gasteiger partial charge in [0.25, 0.3) is 5.91 Å². The quantitative estimate of drug-likeness (QED) is 0.797. The minimum Gasteiger partial charge on any atom is -0.503 e. The molecule has 5 nitrogen and oxygen atoms in total. The Morgan fingerprint density at radius 1 is 1.27 bits per heavy atom. The van der Waals surface area contributed by atoms with E-state index in [1.165, 1.54) is 0 Å². The predicted octanol–water partition coefficient (Wildman–Crippen LogP) is 2.04. The zero-order valence-corrected chi connectivity index (χ0v) is 13.3. The maximum atomic E-state index is 13.1. The number of fused-ring (bicyclic) bond motifs is 4. The van der Waals surface area contributed by atoms with Gasteiger partial charge in [-0.05, 0) is 38.5 Å². The second-order valence-corrected chi connectivity index (χ2v) is 7.71. The van der Waals surface area contributed by atoms with Crippen LogP contribution in [-0.4, -0.2) is 32.1 Å². The molecular weight excluding hydrogens is 280 g/mol. The first-order valence-electron chi connectivity index (χ1n) is 8.05. The summed E-state index contributed by atoms with van der Waals surface area (Å²) in [4.78, 5) is 27.1. The van der Waals surface area contributed by atoms with Crippen molar-refractivity contribution in [3.8, 4) is 5.75 Å². The van der Waals surface area contributed by atoms with Crippen molar-refractivity contribution in [1.29, 1.82) is 0 Å². The minimum atomic E-state index is -0.434. The predicted molar refractivity (Wildman–Crippen MR) is 82.0 cm³/mol. The topological polar surface area (TPSA) is 62.5 Å². The number of aromatic hydroxyl groups is 1. The van der Waals surface area contributed by atoms with Crippen LogP contribution in [0.4, 0.5) is 0 Å². The van der Waals surface area contributed by atoms with Gasteiger partial charge in [0.2, 0.25) is 5.43 Å². The molecule has 3 atom stereocenters. The highest BCUT2D eigenvalue weighted by Crippen LogP contribution is 2.59. The smallest absolute Gasteiger partial charge is 0.275 e. The summed E-state index contributed by atoms with van der Waals surface area (Å²) < 4.78 is 1.78. The molecule has 1 N–H and O–H groups in total. The molecule has 1 aromatic rings. The van der Waals surface area contributed by atoms with Gasteiger partial charge in [-0.2, -0.15) is 0 Å². The number of nitrogens with zero attached hydrogens (tertiary/aromatic N) is 2. The second kappa shape index (κ2) is 3.94. The van der Waals surface area contributed by atoms with E-state index in [1.54, 1.807) is 17.7 Å². The molecule has 1 aromatic heterocycles. The van der Waals surface area contributed by atoms with Crippen LogP contribution >= 0.6 is 0 Å². The molecule has 3 heterocycles. The second-order valence-electron chi connectivity index (χ2n) is 7.71. The molecule has 1 amide bonds. The van der Waals surface area contributed by atoms with Gasteiger partial charge in [-0.15, -0.1) is 0 Å². The van der Waals surface area contributed by atoms with Crippen LogP contribution in [0.25, 0.3) is 0 Å². The lowest BCUT2D eigenvalue weighted by Gasteiger charge is -2.44. The fourth-order valence-electron chi connectivity index (χ4n) is 5.17. The zero-order valence-electron chi connectivity index (χ0n) is 13.3. The summed E-state index contributed by atoms with van der Waals surface area (Å²) in [6.45, 7) is 6.81. The van der Waals surface area contributed by atoms with E-state index in [0.717, 1.165) is 25.7 Å². The SMILES string of the molecule is Cc1cn2c(c(O)c1=O)C(=O)N1[C@H](C2)C[C@@]2(C)CCC[C@@]12C. The highest BCUT2D eigenvalue weighted by atomic mass is 16.3. The number of pyridine rings is 1. The molecule has 0 aromatic carbocycles. The van der Waals surface area contributed by atoms with Crippen molar-refractivity contribution in [2.24, 2.45) is 5.41 Å². The fourth-order valence-corrected chi connectivity index (χ4v) is 5.17. The van der Waals surface area contributed by atoms with E-state index in [4.69, 9.17) is 0 Å². The summed E-state index contributed by atoms with van der Waals surface area (Å²) in [5, 5.41) is 10.2. The zero-order chi connectivity index (χ0) is 15.9. The van der Waals surface area contributed by atoms with Crippen LogP contribution < -0.4 is 5.43 Å². The molecule has 22 heavy (non-hydrogen) atoms. The Morgan fingerprint density at radius 3 is 2.73 bits per heavy atom. The van der Waals surface area contributed by atoms with Gasteiger partial charge in [0.15, 0.2) is 11.4 Å². The van der Waals surface area contributed by atoms with Crippen LogP contribution in [0.3, 0.4) is 0 Å². The van der Waals surface area contributed by atoms with Crippen molar-refractivity contribution >= 4 is 5.91 Å².